The summed E-state index contributed by atoms with van der Waals surface area (Å²) in [7, 11) is 1.30. The van der Waals surface area contributed by atoms with Crippen LogP contribution >= 0.6 is 15.9 Å². The Balaban J connectivity index is 2.30. The summed E-state index contributed by atoms with van der Waals surface area (Å²) < 4.78 is 10.4. The fourth-order valence-electron chi connectivity index (χ4n) is 1.77. The summed E-state index contributed by atoms with van der Waals surface area (Å²) in [5, 5.41) is 11.2. The summed E-state index contributed by atoms with van der Waals surface area (Å²) in [6.07, 6.45) is 0. The minimum Gasteiger partial charge on any atom is -0.465 e. The number of esters is 1. The first-order valence-corrected chi connectivity index (χ1v) is 7.37. The van der Waals surface area contributed by atoms with Crippen molar-refractivity contribution in [2.24, 2.45) is 0 Å². The minimum absolute atomic E-state index is 0.0172. The van der Waals surface area contributed by atoms with Crippen molar-refractivity contribution >= 4 is 27.6 Å². The van der Waals surface area contributed by atoms with Gasteiger partial charge in [0.1, 0.15) is 11.5 Å². The molecule has 0 bridgehead atoms. The van der Waals surface area contributed by atoms with Crippen LogP contribution < -0.4 is 4.74 Å². The zero-order chi connectivity index (χ0) is 16.1. The van der Waals surface area contributed by atoms with Crippen LogP contribution in [0.15, 0.2) is 42.5 Å². The maximum Gasteiger partial charge on any atom is 0.337 e. The number of non-ortho nitro benzene ring substituents is 1. The van der Waals surface area contributed by atoms with E-state index in [0.717, 1.165) is 5.56 Å². The molecular weight excluding hydrogens is 354 g/mol. The Morgan fingerprint density at radius 2 is 1.91 bits per heavy atom. The molecule has 0 aliphatic heterocycles. The van der Waals surface area contributed by atoms with Gasteiger partial charge in [-0.3, -0.25) is 10.1 Å². The van der Waals surface area contributed by atoms with E-state index in [9.17, 15) is 14.9 Å². The molecule has 6 nitrogen and oxygen atoms in total. The molecule has 0 radical (unpaired) electrons. The molecule has 2 aromatic rings. The van der Waals surface area contributed by atoms with Crippen LogP contribution in [0.3, 0.4) is 0 Å². The van der Waals surface area contributed by atoms with Crippen molar-refractivity contribution in [3.8, 4) is 11.5 Å². The number of ether oxygens (including phenoxy) is 2. The monoisotopic (exact) mass is 365 g/mol. The van der Waals surface area contributed by atoms with E-state index in [1.54, 1.807) is 18.2 Å². The molecule has 0 N–H and O–H groups in total. The van der Waals surface area contributed by atoms with Gasteiger partial charge >= 0.3 is 5.97 Å². The largest absolute Gasteiger partial charge is 0.465 e. The zero-order valence-electron chi connectivity index (χ0n) is 11.6. The summed E-state index contributed by atoms with van der Waals surface area (Å²) in [5.74, 6) is 0.457. The Morgan fingerprint density at radius 3 is 2.45 bits per heavy atom. The molecule has 0 aliphatic carbocycles. The maximum atomic E-state index is 11.6. The lowest BCUT2D eigenvalue weighted by Gasteiger charge is -2.11. The fraction of sp³-hybridized carbons (Fsp3) is 0.133. The number of rotatable bonds is 5. The van der Waals surface area contributed by atoms with E-state index in [4.69, 9.17) is 4.74 Å². The van der Waals surface area contributed by atoms with Crippen molar-refractivity contribution in [2.75, 3.05) is 7.11 Å². The highest BCUT2D eigenvalue weighted by atomic mass is 79.9. The highest BCUT2D eigenvalue weighted by Crippen LogP contribution is 2.29. The van der Waals surface area contributed by atoms with E-state index < -0.39 is 10.9 Å². The van der Waals surface area contributed by atoms with Gasteiger partial charge in [0.15, 0.2) is 0 Å². The summed E-state index contributed by atoms with van der Waals surface area (Å²) in [6.45, 7) is 0. The second-order valence-corrected chi connectivity index (χ2v) is 4.86. The maximum absolute atomic E-state index is 11.6. The number of methoxy groups -OCH3 is 1. The third-order valence-corrected chi connectivity index (χ3v) is 3.51. The number of nitro groups is 1. The Bertz CT molecular complexity index is 700. The molecule has 22 heavy (non-hydrogen) atoms. The molecule has 2 rings (SSSR count). The number of nitro benzene ring substituents is 1. The van der Waals surface area contributed by atoms with Gasteiger partial charge in [0.2, 0.25) is 0 Å². The van der Waals surface area contributed by atoms with Gasteiger partial charge in [0.25, 0.3) is 5.69 Å². The second-order valence-electron chi connectivity index (χ2n) is 4.30. The molecule has 0 heterocycles. The number of carbonyl (C=O) groups excluding carboxylic acids is 1. The highest BCUT2D eigenvalue weighted by Gasteiger charge is 2.12. The Hall–Kier alpha value is -2.41. The van der Waals surface area contributed by atoms with Crippen LogP contribution in [0.2, 0.25) is 0 Å². The van der Waals surface area contributed by atoms with E-state index in [0.29, 0.717) is 22.4 Å². The second kappa shape index (κ2) is 7.04. The lowest BCUT2D eigenvalue weighted by molar-refractivity contribution is -0.384. The Morgan fingerprint density at radius 1 is 1.23 bits per heavy atom. The fourth-order valence-corrected chi connectivity index (χ4v) is 2.23. The van der Waals surface area contributed by atoms with Crippen LogP contribution in [-0.4, -0.2) is 18.0 Å². The Labute approximate surface area is 134 Å². The predicted molar refractivity (Wildman–Crippen MR) is 83.6 cm³/mol. The van der Waals surface area contributed by atoms with Gasteiger partial charge in [0.05, 0.1) is 17.6 Å². The van der Waals surface area contributed by atoms with Crippen molar-refractivity contribution in [1.82, 2.24) is 0 Å². The summed E-state index contributed by atoms with van der Waals surface area (Å²) in [6, 6.07) is 10.7. The molecular formula is C15H12BrNO5. The van der Waals surface area contributed by atoms with E-state index in [1.165, 1.54) is 31.4 Å². The molecule has 0 fully saturated rings. The number of carbonyl (C=O) groups is 1. The lowest BCUT2D eigenvalue weighted by atomic mass is 10.1. The van der Waals surface area contributed by atoms with Gasteiger partial charge < -0.3 is 9.47 Å². The van der Waals surface area contributed by atoms with Crippen LogP contribution in [0.5, 0.6) is 11.5 Å². The number of hydrogen-bond donors (Lipinski definition) is 0. The van der Waals surface area contributed by atoms with E-state index in [1.807, 2.05) is 0 Å². The average molecular weight is 366 g/mol. The third kappa shape index (κ3) is 3.62. The molecule has 0 aliphatic rings. The Kier molecular flexibility index (Phi) is 5.11. The number of alkyl halides is 1. The first kappa shape index (κ1) is 16.0. The molecule has 0 spiro atoms. The number of nitrogens with zero attached hydrogens (tertiary/aromatic N) is 1. The molecule has 7 heteroatoms. The van der Waals surface area contributed by atoms with Gasteiger partial charge in [-0.05, 0) is 24.3 Å². The first-order chi connectivity index (χ1) is 10.5. The topological polar surface area (TPSA) is 78.7 Å². The molecule has 0 aromatic heterocycles. The molecule has 2 aromatic carbocycles. The average Bonchev–Trinajstić information content (AvgIpc) is 2.54. The molecule has 0 unspecified atom stereocenters. The molecule has 0 atom stereocenters. The van der Waals surface area contributed by atoms with Crippen LogP contribution in [0.4, 0.5) is 5.69 Å². The smallest absolute Gasteiger partial charge is 0.337 e. The lowest BCUT2D eigenvalue weighted by Crippen LogP contribution is -2.02. The highest BCUT2D eigenvalue weighted by molar-refractivity contribution is 9.08. The van der Waals surface area contributed by atoms with Gasteiger partial charge in [0, 0.05) is 23.0 Å². The molecule has 0 saturated carbocycles. The molecule has 0 amide bonds. The van der Waals surface area contributed by atoms with Crippen LogP contribution in [0, 0.1) is 10.1 Å². The summed E-state index contributed by atoms with van der Waals surface area (Å²) >= 11 is 3.35. The summed E-state index contributed by atoms with van der Waals surface area (Å²) in [4.78, 5) is 21.7. The van der Waals surface area contributed by atoms with Crippen LogP contribution in [0.1, 0.15) is 15.9 Å². The van der Waals surface area contributed by atoms with Gasteiger partial charge in [-0.25, -0.2) is 4.79 Å². The van der Waals surface area contributed by atoms with Crippen molar-refractivity contribution in [3.63, 3.8) is 0 Å². The van der Waals surface area contributed by atoms with Gasteiger partial charge in [-0.15, -0.1) is 0 Å². The van der Waals surface area contributed by atoms with Crippen molar-refractivity contribution in [3.05, 3.63) is 63.7 Å². The first-order valence-electron chi connectivity index (χ1n) is 6.24. The van der Waals surface area contributed by atoms with E-state index >= 15 is 0 Å². The normalized spacial score (nSPS) is 10.1. The van der Waals surface area contributed by atoms with E-state index in [-0.39, 0.29) is 5.69 Å². The quantitative estimate of drug-likeness (QED) is 0.345. The van der Waals surface area contributed by atoms with Crippen LogP contribution in [-0.2, 0) is 10.1 Å². The molecule has 0 saturated heterocycles. The van der Waals surface area contributed by atoms with Gasteiger partial charge in [-0.2, -0.15) is 0 Å². The van der Waals surface area contributed by atoms with Crippen molar-refractivity contribution in [1.29, 1.82) is 0 Å². The predicted octanol–water partition coefficient (Wildman–Crippen LogP) is 4.07. The van der Waals surface area contributed by atoms with Crippen LogP contribution in [0.25, 0.3) is 0 Å². The molecule has 114 valence electrons. The number of halogens is 1. The van der Waals surface area contributed by atoms with E-state index in [2.05, 4.69) is 20.7 Å². The summed E-state index contributed by atoms with van der Waals surface area (Å²) in [5.41, 5.74) is 1.19. The minimum atomic E-state index is -0.481. The van der Waals surface area contributed by atoms with Crippen molar-refractivity contribution in [2.45, 2.75) is 5.33 Å². The number of hydrogen-bond acceptors (Lipinski definition) is 5. The number of benzene rings is 2. The van der Waals surface area contributed by atoms with Crippen molar-refractivity contribution < 1.29 is 19.2 Å². The zero-order valence-corrected chi connectivity index (χ0v) is 13.2. The third-order valence-electron chi connectivity index (χ3n) is 2.91. The van der Waals surface area contributed by atoms with Gasteiger partial charge in [-0.1, -0.05) is 22.0 Å². The standard InChI is InChI=1S/C15H12BrNO5/c1-21-15(18)10-2-3-11(9-16)14(8-10)22-13-6-4-12(5-7-13)17(19)20/h2-8H,9H2,1H3. The SMILES string of the molecule is COC(=O)c1ccc(CBr)c(Oc2ccc([N+](=O)[O-])cc2)c1.